The Balaban J connectivity index is 2.14. The highest BCUT2D eigenvalue weighted by atomic mass is 15.0. The maximum absolute atomic E-state index is 5.87. The van der Waals surface area contributed by atoms with Crippen molar-refractivity contribution in [1.29, 1.82) is 0 Å². The van der Waals surface area contributed by atoms with Crippen LogP contribution < -0.4 is 5.73 Å². The Morgan fingerprint density at radius 2 is 1.90 bits per heavy atom. The predicted molar refractivity (Wildman–Crippen MR) is 80.3 cm³/mol. The molecular weight excluding hydrogens is 248 g/mol. The van der Waals surface area contributed by atoms with E-state index < -0.39 is 0 Å². The summed E-state index contributed by atoms with van der Waals surface area (Å²) in [6.45, 7) is 0. The largest absolute Gasteiger partial charge is 0.399 e. The molecule has 0 radical (unpaired) electrons. The van der Waals surface area contributed by atoms with Crippen molar-refractivity contribution < 1.29 is 0 Å². The molecule has 96 valence electrons. The highest BCUT2D eigenvalue weighted by molar-refractivity contribution is 5.86. The Morgan fingerprint density at radius 3 is 2.80 bits per heavy atom. The van der Waals surface area contributed by atoms with Gasteiger partial charge in [0.2, 0.25) is 0 Å². The summed E-state index contributed by atoms with van der Waals surface area (Å²) in [5, 5.41) is 0. The molecule has 0 saturated carbocycles. The number of imidazole rings is 1. The number of para-hydroxylation sites is 2. The summed E-state index contributed by atoms with van der Waals surface area (Å²) in [5.74, 6) is 0. The van der Waals surface area contributed by atoms with Gasteiger partial charge in [-0.3, -0.25) is 4.40 Å². The molecule has 0 fully saturated rings. The average molecular weight is 260 g/mol. The topological polar surface area (TPSA) is 56.2 Å². The van der Waals surface area contributed by atoms with Crippen LogP contribution >= 0.6 is 0 Å². The first-order valence-corrected chi connectivity index (χ1v) is 6.41. The third-order valence-corrected chi connectivity index (χ3v) is 3.39. The van der Waals surface area contributed by atoms with Crippen LogP contribution in [0.2, 0.25) is 0 Å². The van der Waals surface area contributed by atoms with Crippen LogP contribution in [-0.2, 0) is 0 Å². The van der Waals surface area contributed by atoms with Gasteiger partial charge in [-0.2, -0.15) is 0 Å². The number of anilines is 1. The second-order valence-corrected chi connectivity index (χ2v) is 4.70. The number of rotatable bonds is 1. The van der Waals surface area contributed by atoms with Crippen molar-refractivity contribution in [2.24, 2.45) is 0 Å². The Bertz CT molecular complexity index is 924. The Hall–Kier alpha value is -2.88. The van der Waals surface area contributed by atoms with Crippen LogP contribution in [0.25, 0.3) is 27.9 Å². The molecule has 0 spiro atoms. The third-order valence-electron chi connectivity index (χ3n) is 3.39. The first kappa shape index (κ1) is 11.0. The van der Waals surface area contributed by atoms with Crippen molar-refractivity contribution in [1.82, 2.24) is 14.4 Å². The van der Waals surface area contributed by atoms with Crippen LogP contribution in [0.15, 0.2) is 60.9 Å². The summed E-state index contributed by atoms with van der Waals surface area (Å²) in [4.78, 5) is 9.18. The summed E-state index contributed by atoms with van der Waals surface area (Å²) >= 11 is 0. The zero-order valence-electron chi connectivity index (χ0n) is 10.7. The molecule has 4 nitrogen and oxygen atoms in total. The van der Waals surface area contributed by atoms with Gasteiger partial charge in [-0.05, 0) is 24.3 Å². The minimum absolute atomic E-state index is 0.724. The van der Waals surface area contributed by atoms with E-state index in [2.05, 4.69) is 9.38 Å². The molecular formula is C16H12N4. The molecule has 2 heterocycles. The van der Waals surface area contributed by atoms with Crippen molar-refractivity contribution in [3.05, 3.63) is 60.9 Å². The lowest BCUT2D eigenvalue weighted by molar-refractivity contribution is 1.21. The summed E-state index contributed by atoms with van der Waals surface area (Å²) in [7, 11) is 0. The number of nitrogen functional groups attached to an aromatic ring is 1. The molecule has 0 aliphatic rings. The number of nitrogens with zero attached hydrogens (tertiary/aromatic N) is 3. The van der Waals surface area contributed by atoms with Crippen molar-refractivity contribution >= 4 is 22.4 Å². The summed E-state index contributed by atoms with van der Waals surface area (Å²) in [6.07, 6.45) is 3.74. The highest BCUT2D eigenvalue weighted by Gasteiger charge is 2.10. The van der Waals surface area contributed by atoms with Gasteiger partial charge in [-0.25, -0.2) is 9.97 Å². The number of fused-ring (bicyclic) bond motifs is 3. The fourth-order valence-electron chi connectivity index (χ4n) is 2.49. The van der Waals surface area contributed by atoms with Gasteiger partial charge in [0, 0.05) is 23.6 Å². The molecule has 0 amide bonds. The average Bonchev–Trinajstić information content (AvgIpc) is 2.96. The van der Waals surface area contributed by atoms with E-state index >= 15 is 0 Å². The van der Waals surface area contributed by atoms with Crippen molar-refractivity contribution in [2.75, 3.05) is 5.73 Å². The maximum Gasteiger partial charge on any atom is 0.163 e. The van der Waals surface area contributed by atoms with E-state index in [1.54, 1.807) is 6.20 Å². The van der Waals surface area contributed by atoms with E-state index in [0.717, 1.165) is 33.6 Å². The third kappa shape index (κ3) is 1.55. The Morgan fingerprint density at radius 1 is 1.00 bits per heavy atom. The minimum Gasteiger partial charge on any atom is -0.399 e. The SMILES string of the molecule is Nc1cccc(-c2nc3ccccc3n3ccnc23)c1. The van der Waals surface area contributed by atoms with Crippen LogP contribution in [0.5, 0.6) is 0 Å². The van der Waals surface area contributed by atoms with E-state index in [4.69, 9.17) is 10.7 Å². The van der Waals surface area contributed by atoms with Crippen molar-refractivity contribution in [3.8, 4) is 11.3 Å². The van der Waals surface area contributed by atoms with Gasteiger partial charge in [0.1, 0.15) is 5.69 Å². The molecule has 0 bridgehead atoms. The standard InChI is InChI=1S/C16H12N4/c17-12-5-3-4-11(10-12)15-16-18-8-9-20(16)14-7-2-1-6-13(14)19-15/h1-10H,17H2. The fraction of sp³-hybridized carbons (Fsp3) is 0. The number of aromatic nitrogens is 3. The lowest BCUT2D eigenvalue weighted by Gasteiger charge is -2.07. The van der Waals surface area contributed by atoms with Gasteiger partial charge in [0.05, 0.1) is 11.0 Å². The van der Waals surface area contributed by atoms with E-state index in [1.807, 2.05) is 54.7 Å². The van der Waals surface area contributed by atoms with Gasteiger partial charge in [-0.1, -0.05) is 24.3 Å². The van der Waals surface area contributed by atoms with E-state index in [9.17, 15) is 0 Å². The van der Waals surface area contributed by atoms with E-state index in [0.29, 0.717) is 0 Å². The van der Waals surface area contributed by atoms with Crippen LogP contribution in [0.4, 0.5) is 5.69 Å². The van der Waals surface area contributed by atoms with E-state index in [1.165, 1.54) is 0 Å². The smallest absolute Gasteiger partial charge is 0.163 e. The number of benzene rings is 2. The van der Waals surface area contributed by atoms with Crippen molar-refractivity contribution in [2.45, 2.75) is 0 Å². The molecule has 2 aromatic heterocycles. The molecule has 0 aliphatic carbocycles. The summed E-state index contributed by atoms with van der Waals surface area (Å²) in [6, 6.07) is 15.8. The van der Waals surface area contributed by atoms with Crippen molar-refractivity contribution in [3.63, 3.8) is 0 Å². The molecule has 20 heavy (non-hydrogen) atoms. The first-order chi connectivity index (χ1) is 9.83. The van der Waals surface area contributed by atoms with Crippen LogP contribution in [0.1, 0.15) is 0 Å². The van der Waals surface area contributed by atoms with Gasteiger partial charge in [-0.15, -0.1) is 0 Å². The monoisotopic (exact) mass is 260 g/mol. The van der Waals surface area contributed by atoms with Crippen LogP contribution in [-0.4, -0.2) is 14.4 Å². The fourth-order valence-corrected chi connectivity index (χ4v) is 2.49. The van der Waals surface area contributed by atoms with Crippen LogP contribution in [0.3, 0.4) is 0 Å². The van der Waals surface area contributed by atoms with Gasteiger partial charge >= 0.3 is 0 Å². The lowest BCUT2D eigenvalue weighted by atomic mass is 10.1. The quantitative estimate of drug-likeness (QED) is 0.535. The van der Waals surface area contributed by atoms with Gasteiger partial charge in [0.25, 0.3) is 0 Å². The van der Waals surface area contributed by atoms with Crippen LogP contribution in [0, 0.1) is 0 Å². The predicted octanol–water partition coefficient (Wildman–Crippen LogP) is 3.13. The molecule has 0 atom stereocenters. The highest BCUT2D eigenvalue weighted by Crippen LogP contribution is 2.26. The summed E-state index contributed by atoms with van der Waals surface area (Å²) < 4.78 is 2.06. The molecule has 4 aromatic rings. The second kappa shape index (κ2) is 4.06. The molecule has 2 N–H and O–H groups in total. The Labute approximate surface area is 115 Å². The molecule has 4 rings (SSSR count). The Kier molecular flexibility index (Phi) is 2.23. The molecule has 2 aromatic carbocycles. The summed E-state index contributed by atoms with van der Waals surface area (Å²) in [5.41, 5.74) is 11.3. The minimum atomic E-state index is 0.724. The number of hydrogen-bond acceptors (Lipinski definition) is 3. The van der Waals surface area contributed by atoms with Gasteiger partial charge in [0.15, 0.2) is 5.65 Å². The maximum atomic E-state index is 5.87. The normalized spacial score (nSPS) is 11.2. The lowest BCUT2D eigenvalue weighted by Crippen LogP contribution is -1.96. The second-order valence-electron chi connectivity index (χ2n) is 4.70. The first-order valence-electron chi connectivity index (χ1n) is 6.41. The number of nitrogens with two attached hydrogens (primary N) is 1. The number of hydrogen-bond donors (Lipinski definition) is 1. The molecule has 0 saturated heterocycles. The molecule has 4 heteroatoms. The van der Waals surface area contributed by atoms with Gasteiger partial charge < -0.3 is 5.73 Å². The van der Waals surface area contributed by atoms with E-state index in [-0.39, 0.29) is 0 Å². The zero-order valence-corrected chi connectivity index (χ0v) is 10.7. The molecule has 0 aliphatic heterocycles. The molecule has 0 unspecified atom stereocenters. The zero-order chi connectivity index (χ0) is 13.5.